The summed E-state index contributed by atoms with van der Waals surface area (Å²) in [5.41, 5.74) is 8.58. The highest BCUT2D eigenvalue weighted by atomic mass is 127. The fourth-order valence-corrected chi connectivity index (χ4v) is 3.07. The van der Waals surface area contributed by atoms with Crippen LogP contribution in [0.25, 0.3) is 0 Å². The van der Waals surface area contributed by atoms with Gasteiger partial charge >= 0.3 is 0 Å². The van der Waals surface area contributed by atoms with Crippen LogP contribution in [0.4, 0.5) is 0 Å². The third-order valence-electron chi connectivity index (χ3n) is 2.99. The van der Waals surface area contributed by atoms with Crippen molar-refractivity contribution in [2.24, 2.45) is 5.73 Å². The van der Waals surface area contributed by atoms with Crippen LogP contribution in [-0.4, -0.2) is 7.11 Å². The number of methoxy groups -OCH3 is 1. The zero-order valence-corrected chi connectivity index (χ0v) is 14.3. The van der Waals surface area contributed by atoms with Crippen molar-refractivity contribution in [3.05, 3.63) is 61.6 Å². The van der Waals surface area contributed by atoms with Crippen molar-refractivity contribution in [1.82, 2.24) is 0 Å². The molecule has 0 bridgehead atoms. The molecule has 0 amide bonds. The second-order valence-electron chi connectivity index (χ2n) is 4.29. The SMILES string of the molecule is COc1ccccc1CC(N)c1cc(I)ccc1Br. The van der Waals surface area contributed by atoms with Crippen LogP contribution in [0, 0.1) is 3.57 Å². The third kappa shape index (κ3) is 3.70. The number of hydrogen-bond acceptors (Lipinski definition) is 2. The first-order valence-corrected chi connectivity index (χ1v) is 7.81. The summed E-state index contributed by atoms with van der Waals surface area (Å²) in [5.74, 6) is 0.889. The predicted octanol–water partition coefficient (Wildman–Crippen LogP) is 4.30. The maximum Gasteiger partial charge on any atom is 0.122 e. The Morgan fingerprint density at radius 1 is 1.26 bits per heavy atom. The van der Waals surface area contributed by atoms with Crippen molar-refractivity contribution in [2.45, 2.75) is 12.5 Å². The Kier molecular flexibility index (Phi) is 5.24. The van der Waals surface area contributed by atoms with Crippen molar-refractivity contribution in [2.75, 3.05) is 7.11 Å². The lowest BCUT2D eigenvalue weighted by atomic mass is 9.99. The van der Waals surface area contributed by atoms with Crippen molar-refractivity contribution < 1.29 is 4.74 Å². The van der Waals surface area contributed by atoms with Crippen molar-refractivity contribution in [1.29, 1.82) is 0 Å². The molecule has 0 saturated heterocycles. The van der Waals surface area contributed by atoms with Crippen molar-refractivity contribution >= 4 is 38.5 Å². The van der Waals surface area contributed by atoms with Crippen LogP contribution in [-0.2, 0) is 6.42 Å². The third-order valence-corrected chi connectivity index (χ3v) is 4.38. The molecule has 2 N–H and O–H groups in total. The van der Waals surface area contributed by atoms with Gasteiger partial charge in [0.2, 0.25) is 0 Å². The minimum Gasteiger partial charge on any atom is -0.496 e. The van der Waals surface area contributed by atoms with E-state index in [1.54, 1.807) is 7.11 Å². The normalized spacial score (nSPS) is 12.2. The van der Waals surface area contributed by atoms with E-state index in [0.29, 0.717) is 0 Å². The summed E-state index contributed by atoms with van der Waals surface area (Å²) >= 11 is 5.86. The standard InChI is InChI=1S/C15H15BrINO/c1-19-15-5-3-2-4-10(15)8-14(18)12-9-11(17)6-7-13(12)16/h2-7,9,14H,8,18H2,1H3. The molecule has 0 aliphatic heterocycles. The van der Waals surface area contributed by atoms with Crippen LogP contribution in [0.5, 0.6) is 5.75 Å². The maximum atomic E-state index is 6.33. The molecular formula is C15H15BrINO. The highest BCUT2D eigenvalue weighted by Gasteiger charge is 2.13. The van der Waals surface area contributed by atoms with Crippen LogP contribution in [0.2, 0.25) is 0 Å². The molecule has 4 heteroatoms. The van der Waals surface area contributed by atoms with E-state index in [1.165, 1.54) is 3.57 Å². The van der Waals surface area contributed by atoms with E-state index in [1.807, 2.05) is 24.3 Å². The lowest BCUT2D eigenvalue weighted by Crippen LogP contribution is -2.14. The summed E-state index contributed by atoms with van der Waals surface area (Å²) in [4.78, 5) is 0. The van der Waals surface area contributed by atoms with E-state index in [9.17, 15) is 0 Å². The zero-order chi connectivity index (χ0) is 13.8. The molecule has 0 radical (unpaired) electrons. The van der Waals surface area contributed by atoms with Gasteiger partial charge in [-0.1, -0.05) is 34.1 Å². The molecule has 2 rings (SSSR count). The van der Waals surface area contributed by atoms with Gasteiger partial charge in [-0.3, -0.25) is 0 Å². The smallest absolute Gasteiger partial charge is 0.122 e. The molecule has 2 aromatic carbocycles. The van der Waals surface area contributed by atoms with Crippen molar-refractivity contribution in [3.63, 3.8) is 0 Å². The van der Waals surface area contributed by atoms with Gasteiger partial charge in [0.25, 0.3) is 0 Å². The second-order valence-corrected chi connectivity index (χ2v) is 6.39. The molecule has 0 aliphatic rings. The van der Waals surface area contributed by atoms with Crippen LogP contribution in [0.15, 0.2) is 46.9 Å². The number of rotatable bonds is 4. The number of nitrogens with two attached hydrogens (primary N) is 1. The first kappa shape index (κ1) is 14.8. The fourth-order valence-electron chi connectivity index (χ4n) is 2.02. The summed E-state index contributed by atoms with van der Waals surface area (Å²) in [6.07, 6.45) is 0.753. The maximum absolute atomic E-state index is 6.33. The van der Waals surface area contributed by atoms with Gasteiger partial charge in [-0.05, 0) is 64.4 Å². The van der Waals surface area contributed by atoms with Crippen LogP contribution < -0.4 is 10.5 Å². The molecule has 0 fully saturated rings. The minimum absolute atomic E-state index is 0.0552. The summed E-state index contributed by atoms with van der Waals surface area (Å²) in [6.45, 7) is 0. The largest absolute Gasteiger partial charge is 0.496 e. The number of para-hydroxylation sites is 1. The molecule has 19 heavy (non-hydrogen) atoms. The fraction of sp³-hybridized carbons (Fsp3) is 0.200. The Morgan fingerprint density at radius 3 is 2.74 bits per heavy atom. The van der Waals surface area contributed by atoms with Gasteiger partial charge in [0.05, 0.1) is 7.11 Å². The molecule has 0 heterocycles. The average Bonchev–Trinajstić information content (AvgIpc) is 2.42. The van der Waals surface area contributed by atoms with Gasteiger partial charge in [-0.2, -0.15) is 0 Å². The van der Waals surface area contributed by atoms with Gasteiger partial charge in [-0.25, -0.2) is 0 Å². The predicted molar refractivity (Wildman–Crippen MR) is 90.5 cm³/mol. The van der Waals surface area contributed by atoms with E-state index in [0.717, 1.165) is 27.8 Å². The summed E-state index contributed by atoms with van der Waals surface area (Å²) in [6, 6.07) is 14.2. The Balaban J connectivity index is 2.25. The molecule has 1 unspecified atom stereocenters. The first-order chi connectivity index (χ1) is 9.11. The van der Waals surface area contributed by atoms with Crippen LogP contribution in [0.1, 0.15) is 17.2 Å². The van der Waals surface area contributed by atoms with Gasteiger partial charge in [0, 0.05) is 14.1 Å². The number of hydrogen-bond donors (Lipinski definition) is 1. The van der Waals surface area contributed by atoms with E-state index in [-0.39, 0.29) is 6.04 Å². The van der Waals surface area contributed by atoms with Gasteiger partial charge in [-0.15, -0.1) is 0 Å². The van der Waals surface area contributed by atoms with Crippen LogP contribution >= 0.6 is 38.5 Å². The number of benzene rings is 2. The lowest BCUT2D eigenvalue weighted by Gasteiger charge is -2.16. The lowest BCUT2D eigenvalue weighted by molar-refractivity contribution is 0.408. The minimum atomic E-state index is -0.0552. The monoisotopic (exact) mass is 431 g/mol. The Labute approximate surface area is 135 Å². The zero-order valence-electron chi connectivity index (χ0n) is 10.6. The Morgan fingerprint density at radius 2 is 2.00 bits per heavy atom. The molecular weight excluding hydrogens is 417 g/mol. The Hall–Kier alpha value is -0.590. The highest BCUT2D eigenvalue weighted by Crippen LogP contribution is 2.28. The van der Waals surface area contributed by atoms with Gasteiger partial charge in [0.15, 0.2) is 0 Å². The molecule has 0 aromatic heterocycles. The summed E-state index contributed by atoms with van der Waals surface area (Å²) < 4.78 is 7.60. The van der Waals surface area contributed by atoms with Crippen LogP contribution in [0.3, 0.4) is 0 Å². The van der Waals surface area contributed by atoms with E-state index >= 15 is 0 Å². The van der Waals surface area contributed by atoms with Gasteiger partial charge in [0.1, 0.15) is 5.75 Å². The number of ether oxygens (including phenoxy) is 1. The molecule has 0 saturated carbocycles. The average molecular weight is 432 g/mol. The Bertz CT molecular complexity index is 574. The van der Waals surface area contributed by atoms with Gasteiger partial charge < -0.3 is 10.5 Å². The quantitative estimate of drug-likeness (QED) is 0.732. The summed E-state index contributed by atoms with van der Waals surface area (Å²) in [5, 5.41) is 0. The molecule has 100 valence electrons. The highest BCUT2D eigenvalue weighted by molar-refractivity contribution is 14.1. The van der Waals surface area contributed by atoms with E-state index in [2.05, 4.69) is 56.7 Å². The molecule has 0 spiro atoms. The van der Waals surface area contributed by atoms with Crippen molar-refractivity contribution in [3.8, 4) is 5.75 Å². The topological polar surface area (TPSA) is 35.2 Å². The molecule has 0 aliphatic carbocycles. The summed E-state index contributed by atoms with van der Waals surface area (Å²) in [7, 11) is 1.69. The second kappa shape index (κ2) is 6.72. The molecule has 2 nitrogen and oxygen atoms in total. The van der Waals surface area contributed by atoms with E-state index < -0.39 is 0 Å². The van der Waals surface area contributed by atoms with E-state index in [4.69, 9.17) is 10.5 Å². The number of halogens is 2. The first-order valence-electron chi connectivity index (χ1n) is 5.94. The molecule has 2 aromatic rings. The molecule has 1 atom stereocenters.